The standard InChI is InChI=1S/C10H10O4.CH2O2/c1-2-6-3-4-7(9(11)12)8(5-6)10(13)14;2-1-3/h3-5H,2H2,1H3,(H,11,12)(H,13,14);1H,(H,2,3). The van der Waals surface area contributed by atoms with E-state index in [9.17, 15) is 9.59 Å². The van der Waals surface area contributed by atoms with Gasteiger partial charge in [-0.2, -0.15) is 0 Å². The first kappa shape index (κ1) is 14.6. The fourth-order valence-electron chi connectivity index (χ4n) is 1.17. The lowest BCUT2D eigenvalue weighted by Crippen LogP contribution is -2.08. The summed E-state index contributed by atoms with van der Waals surface area (Å²) in [5.74, 6) is -2.43. The van der Waals surface area contributed by atoms with Crippen LogP contribution in [0.2, 0.25) is 0 Å². The molecule has 0 saturated carbocycles. The third-order valence-corrected chi connectivity index (χ3v) is 1.95. The first-order valence-electron chi connectivity index (χ1n) is 4.65. The molecule has 0 saturated heterocycles. The van der Waals surface area contributed by atoms with Crippen molar-refractivity contribution in [3.8, 4) is 0 Å². The average molecular weight is 240 g/mol. The van der Waals surface area contributed by atoms with E-state index in [0.717, 1.165) is 5.56 Å². The highest BCUT2D eigenvalue weighted by molar-refractivity contribution is 6.01. The van der Waals surface area contributed by atoms with E-state index in [1.54, 1.807) is 6.07 Å². The van der Waals surface area contributed by atoms with E-state index in [1.807, 2.05) is 6.92 Å². The summed E-state index contributed by atoms with van der Waals surface area (Å²) >= 11 is 0. The Kier molecular flexibility index (Phi) is 6.02. The topological polar surface area (TPSA) is 112 Å². The molecule has 3 N–H and O–H groups in total. The Labute approximate surface area is 97.1 Å². The van der Waals surface area contributed by atoms with Crippen molar-refractivity contribution in [2.75, 3.05) is 0 Å². The quantitative estimate of drug-likeness (QED) is 0.687. The Hall–Kier alpha value is -2.37. The molecular weight excluding hydrogens is 228 g/mol. The first-order valence-corrected chi connectivity index (χ1v) is 4.65. The van der Waals surface area contributed by atoms with Crippen LogP contribution in [0, 0.1) is 0 Å². The number of hydrogen-bond donors (Lipinski definition) is 3. The number of carboxylic acid groups (broad SMARTS) is 3. The summed E-state index contributed by atoms with van der Waals surface area (Å²) in [6, 6.07) is 4.34. The molecule has 0 bridgehead atoms. The molecule has 0 heterocycles. The molecule has 0 unspecified atom stereocenters. The molecule has 0 spiro atoms. The molecule has 1 aromatic carbocycles. The summed E-state index contributed by atoms with van der Waals surface area (Å²) < 4.78 is 0. The number of hydrogen-bond acceptors (Lipinski definition) is 3. The van der Waals surface area contributed by atoms with E-state index in [-0.39, 0.29) is 17.6 Å². The summed E-state index contributed by atoms with van der Waals surface area (Å²) in [7, 11) is 0. The van der Waals surface area contributed by atoms with E-state index in [4.69, 9.17) is 20.1 Å². The minimum atomic E-state index is -1.22. The molecule has 0 aliphatic rings. The van der Waals surface area contributed by atoms with Crippen LogP contribution in [0.15, 0.2) is 18.2 Å². The molecule has 0 aliphatic carbocycles. The zero-order chi connectivity index (χ0) is 13.4. The highest BCUT2D eigenvalue weighted by Gasteiger charge is 2.15. The van der Waals surface area contributed by atoms with Crippen LogP contribution in [-0.4, -0.2) is 33.7 Å². The van der Waals surface area contributed by atoms with Crippen LogP contribution in [-0.2, 0) is 11.2 Å². The molecule has 6 nitrogen and oxygen atoms in total. The molecule has 0 aliphatic heterocycles. The molecule has 0 radical (unpaired) electrons. The van der Waals surface area contributed by atoms with Gasteiger partial charge >= 0.3 is 11.9 Å². The van der Waals surface area contributed by atoms with Gasteiger partial charge in [-0.1, -0.05) is 13.0 Å². The molecule has 1 rings (SSSR count). The van der Waals surface area contributed by atoms with Crippen molar-refractivity contribution in [3.05, 3.63) is 34.9 Å². The highest BCUT2D eigenvalue weighted by atomic mass is 16.4. The maximum Gasteiger partial charge on any atom is 0.336 e. The molecule has 0 fully saturated rings. The Bertz CT molecular complexity index is 424. The monoisotopic (exact) mass is 240 g/mol. The lowest BCUT2D eigenvalue weighted by atomic mass is 10.0. The number of rotatable bonds is 3. The molecule has 0 atom stereocenters. The maximum absolute atomic E-state index is 10.7. The normalized spacial score (nSPS) is 8.76. The van der Waals surface area contributed by atoms with Gasteiger partial charge in [0.2, 0.25) is 0 Å². The number of benzene rings is 1. The fourth-order valence-corrected chi connectivity index (χ4v) is 1.17. The third kappa shape index (κ3) is 4.33. The van der Waals surface area contributed by atoms with Crippen LogP contribution in [0.4, 0.5) is 0 Å². The molecule has 6 heteroatoms. The van der Waals surface area contributed by atoms with Crippen LogP contribution in [0.25, 0.3) is 0 Å². The largest absolute Gasteiger partial charge is 0.483 e. The fraction of sp³-hybridized carbons (Fsp3) is 0.182. The van der Waals surface area contributed by atoms with Crippen molar-refractivity contribution in [1.82, 2.24) is 0 Å². The van der Waals surface area contributed by atoms with Gasteiger partial charge in [0.05, 0.1) is 11.1 Å². The summed E-state index contributed by atoms with van der Waals surface area (Å²) in [4.78, 5) is 29.8. The highest BCUT2D eigenvalue weighted by Crippen LogP contribution is 2.12. The minimum absolute atomic E-state index is 0.156. The summed E-state index contributed by atoms with van der Waals surface area (Å²) in [6.07, 6.45) is 0.681. The number of aryl methyl sites for hydroxylation is 1. The van der Waals surface area contributed by atoms with Gasteiger partial charge in [0.25, 0.3) is 6.47 Å². The van der Waals surface area contributed by atoms with Gasteiger partial charge in [-0.25, -0.2) is 9.59 Å². The van der Waals surface area contributed by atoms with Gasteiger partial charge in [0, 0.05) is 0 Å². The van der Waals surface area contributed by atoms with Gasteiger partial charge in [0.15, 0.2) is 0 Å². The minimum Gasteiger partial charge on any atom is -0.483 e. The maximum atomic E-state index is 10.7. The van der Waals surface area contributed by atoms with Gasteiger partial charge in [-0.3, -0.25) is 4.79 Å². The smallest absolute Gasteiger partial charge is 0.336 e. The van der Waals surface area contributed by atoms with Crippen LogP contribution < -0.4 is 0 Å². The number of carboxylic acids is 2. The van der Waals surface area contributed by atoms with Crippen LogP contribution in [0.5, 0.6) is 0 Å². The van der Waals surface area contributed by atoms with E-state index < -0.39 is 11.9 Å². The van der Waals surface area contributed by atoms with Gasteiger partial charge in [0.1, 0.15) is 0 Å². The Morgan fingerprint density at radius 3 is 2.00 bits per heavy atom. The van der Waals surface area contributed by atoms with E-state index >= 15 is 0 Å². The first-order chi connectivity index (χ1) is 7.97. The zero-order valence-electron chi connectivity index (χ0n) is 9.08. The molecule has 0 aromatic heterocycles. The predicted molar refractivity (Wildman–Crippen MR) is 58.4 cm³/mol. The summed E-state index contributed by atoms with van der Waals surface area (Å²) in [5, 5.41) is 24.4. The van der Waals surface area contributed by atoms with Crippen molar-refractivity contribution < 1.29 is 29.7 Å². The Balaban J connectivity index is 0.000000770. The van der Waals surface area contributed by atoms with Crippen molar-refractivity contribution in [2.24, 2.45) is 0 Å². The molecule has 1 aromatic rings. The Morgan fingerprint density at radius 2 is 1.65 bits per heavy atom. The van der Waals surface area contributed by atoms with Crippen molar-refractivity contribution >= 4 is 18.4 Å². The average Bonchev–Trinajstić information content (AvgIpc) is 2.29. The van der Waals surface area contributed by atoms with E-state index in [2.05, 4.69) is 0 Å². The van der Waals surface area contributed by atoms with Gasteiger partial charge < -0.3 is 15.3 Å². The van der Waals surface area contributed by atoms with Gasteiger partial charge in [-0.15, -0.1) is 0 Å². The lowest BCUT2D eigenvalue weighted by molar-refractivity contribution is -0.122. The number of carbonyl (C=O) groups is 3. The van der Waals surface area contributed by atoms with Crippen LogP contribution in [0.1, 0.15) is 33.2 Å². The van der Waals surface area contributed by atoms with E-state index in [1.165, 1.54) is 12.1 Å². The van der Waals surface area contributed by atoms with E-state index in [0.29, 0.717) is 6.42 Å². The SMILES string of the molecule is CCc1ccc(C(=O)O)c(C(=O)O)c1.O=CO. The predicted octanol–water partition coefficient (Wildman–Crippen LogP) is 1.35. The van der Waals surface area contributed by atoms with Crippen molar-refractivity contribution in [3.63, 3.8) is 0 Å². The molecular formula is C11H12O6. The van der Waals surface area contributed by atoms with Crippen molar-refractivity contribution in [1.29, 1.82) is 0 Å². The van der Waals surface area contributed by atoms with Crippen LogP contribution >= 0.6 is 0 Å². The molecule has 17 heavy (non-hydrogen) atoms. The summed E-state index contributed by atoms with van der Waals surface area (Å²) in [5.41, 5.74) is 0.485. The second kappa shape index (κ2) is 7.00. The Morgan fingerprint density at radius 1 is 1.18 bits per heavy atom. The third-order valence-electron chi connectivity index (χ3n) is 1.95. The zero-order valence-corrected chi connectivity index (χ0v) is 9.08. The van der Waals surface area contributed by atoms with Gasteiger partial charge in [-0.05, 0) is 24.1 Å². The van der Waals surface area contributed by atoms with Crippen LogP contribution in [0.3, 0.4) is 0 Å². The molecule has 92 valence electrons. The second-order valence-electron chi connectivity index (χ2n) is 2.95. The molecule has 0 amide bonds. The lowest BCUT2D eigenvalue weighted by Gasteiger charge is -2.03. The van der Waals surface area contributed by atoms with Crippen molar-refractivity contribution in [2.45, 2.75) is 13.3 Å². The second-order valence-corrected chi connectivity index (χ2v) is 2.95. The summed E-state index contributed by atoms with van der Waals surface area (Å²) in [6.45, 7) is 1.63. The number of aromatic carboxylic acids is 2.